The van der Waals surface area contributed by atoms with Gasteiger partial charge in [0.15, 0.2) is 6.29 Å². The second-order valence-corrected chi connectivity index (χ2v) is 6.91. The maximum absolute atomic E-state index is 9.94. The standard InChI is InChI=1S/C18H36O6/c1-3-4-5-6-7-8-9-10-11-13(2)23-18-17(22)16(21)15(20)14(12-19)24-18/h13-22H,3-12H2,1-2H3/t13?,14-,15-,16+,17-,18-/m1/s1. The summed E-state index contributed by atoms with van der Waals surface area (Å²) in [6.45, 7) is 3.69. The monoisotopic (exact) mass is 348 g/mol. The van der Waals surface area contributed by atoms with E-state index in [-0.39, 0.29) is 6.10 Å². The Labute approximate surface area is 145 Å². The number of aliphatic hydroxyl groups excluding tert-OH is 4. The molecule has 1 rings (SSSR count). The summed E-state index contributed by atoms with van der Waals surface area (Å²) in [5.41, 5.74) is 0. The van der Waals surface area contributed by atoms with Crippen molar-refractivity contribution in [2.24, 2.45) is 0 Å². The first-order valence-electron chi connectivity index (χ1n) is 9.47. The van der Waals surface area contributed by atoms with Gasteiger partial charge in [-0.3, -0.25) is 0 Å². The van der Waals surface area contributed by atoms with Gasteiger partial charge in [0.2, 0.25) is 0 Å². The van der Waals surface area contributed by atoms with Crippen LogP contribution in [0.3, 0.4) is 0 Å². The molecule has 24 heavy (non-hydrogen) atoms. The van der Waals surface area contributed by atoms with Crippen molar-refractivity contribution in [3.8, 4) is 0 Å². The highest BCUT2D eigenvalue weighted by Crippen LogP contribution is 2.24. The van der Waals surface area contributed by atoms with E-state index >= 15 is 0 Å². The lowest BCUT2D eigenvalue weighted by molar-refractivity contribution is -0.310. The summed E-state index contributed by atoms with van der Waals surface area (Å²) in [5.74, 6) is 0. The van der Waals surface area contributed by atoms with Gasteiger partial charge in [-0.15, -0.1) is 0 Å². The molecule has 1 heterocycles. The first-order valence-corrected chi connectivity index (χ1v) is 9.47. The first kappa shape index (κ1) is 21.8. The molecular formula is C18H36O6. The molecule has 1 saturated heterocycles. The van der Waals surface area contributed by atoms with E-state index in [4.69, 9.17) is 14.6 Å². The fourth-order valence-electron chi connectivity index (χ4n) is 3.04. The van der Waals surface area contributed by atoms with Crippen LogP contribution in [0.5, 0.6) is 0 Å². The van der Waals surface area contributed by atoms with Gasteiger partial charge in [0.1, 0.15) is 24.4 Å². The quantitative estimate of drug-likeness (QED) is 0.401. The molecule has 0 spiro atoms. The van der Waals surface area contributed by atoms with Gasteiger partial charge in [-0.25, -0.2) is 0 Å². The molecule has 1 fully saturated rings. The number of hydrogen-bond acceptors (Lipinski definition) is 6. The van der Waals surface area contributed by atoms with Gasteiger partial charge in [-0.05, 0) is 13.3 Å². The van der Waals surface area contributed by atoms with Crippen LogP contribution in [0.4, 0.5) is 0 Å². The Hall–Kier alpha value is -0.240. The maximum atomic E-state index is 9.94. The summed E-state index contributed by atoms with van der Waals surface area (Å²) in [6.07, 6.45) is 4.71. The van der Waals surface area contributed by atoms with Crippen molar-refractivity contribution in [3.05, 3.63) is 0 Å². The van der Waals surface area contributed by atoms with Crippen LogP contribution in [-0.2, 0) is 9.47 Å². The molecule has 1 aliphatic rings. The second kappa shape index (κ2) is 12.2. The molecule has 0 aromatic carbocycles. The average Bonchev–Trinajstić information content (AvgIpc) is 2.57. The Kier molecular flexibility index (Phi) is 11.1. The SMILES string of the molecule is CCCCCCCCCCC(C)O[C@@H]1O[C@H](CO)[C@@H](O)[C@H](O)[C@H]1O. The van der Waals surface area contributed by atoms with Crippen LogP contribution in [0, 0.1) is 0 Å². The van der Waals surface area contributed by atoms with Crippen LogP contribution in [0.2, 0.25) is 0 Å². The van der Waals surface area contributed by atoms with Crippen molar-refractivity contribution in [2.45, 2.75) is 108 Å². The van der Waals surface area contributed by atoms with Crippen molar-refractivity contribution in [1.29, 1.82) is 0 Å². The Morgan fingerprint density at radius 3 is 2.04 bits per heavy atom. The molecule has 144 valence electrons. The summed E-state index contributed by atoms with van der Waals surface area (Å²) in [5, 5.41) is 38.6. The minimum Gasteiger partial charge on any atom is -0.394 e. The zero-order valence-electron chi connectivity index (χ0n) is 15.1. The average molecular weight is 348 g/mol. The number of unbranched alkanes of at least 4 members (excludes halogenated alkanes) is 7. The minimum absolute atomic E-state index is 0.119. The van der Waals surface area contributed by atoms with Crippen LogP contribution < -0.4 is 0 Å². The van der Waals surface area contributed by atoms with Crippen molar-refractivity contribution in [3.63, 3.8) is 0 Å². The minimum atomic E-state index is -1.38. The van der Waals surface area contributed by atoms with Gasteiger partial charge >= 0.3 is 0 Å². The van der Waals surface area contributed by atoms with E-state index < -0.39 is 37.3 Å². The molecule has 0 aromatic heterocycles. The van der Waals surface area contributed by atoms with Gasteiger partial charge in [0, 0.05) is 0 Å². The normalized spacial score (nSPS) is 32.0. The Bertz CT molecular complexity index is 312. The summed E-state index contributed by atoms with van der Waals surface area (Å²) < 4.78 is 11.0. The first-order chi connectivity index (χ1) is 11.5. The highest BCUT2D eigenvalue weighted by Gasteiger charge is 2.44. The highest BCUT2D eigenvalue weighted by atomic mass is 16.7. The van der Waals surface area contributed by atoms with E-state index in [9.17, 15) is 15.3 Å². The van der Waals surface area contributed by atoms with Gasteiger partial charge in [-0.1, -0.05) is 58.3 Å². The third-order valence-corrected chi connectivity index (χ3v) is 4.68. The zero-order chi connectivity index (χ0) is 17.9. The predicted octanol–water partition coefficient (Wildman–Crippen LogP) is 1.72. The summed E-state index contributed by atoms with van der Waals surface area (Å²) in [4.78, 5) is 0. The summed E-state index contributed by atoms with van der Waals surface area (Å²) in [6, 6.07) is 0. The van der Waals surface area contributed by atoms with E-state index in [0.717, 1.165) is 19.3 Å². The molecule has 0 radical (unpaired) electrons. The van der Waals surface area contributed by atoms with E-state index in [1.807, 2.05) is 6.92 Å². The molecule has 0 aliphatic carbocycles. The molecule has 0 amide bonds. The fraction of sp³-hybridized carbons (Fsp3) is 1.00. The van der Waals surface area contributed by atoms with Crippen LogP contribution in [0.1, 0.15) is 71.6 Å². The Balaban J connectivity index is 2.18. The summed E-state index contributed by atoms with van der Waals surface area (Å²) in [7, 11) is 0. The molecule has 0 bridgehead atoms. The number of ether oxygens (including phenoxy) is 2. The van der Waals surface area contributed by atoms with E-state index in [0.29, 0.717) is 0 Å². The lowest BCUT2D eigenvalue weighted by Gasteiger charge is -2.40. The molecule has 0 aromatic rings. The number of rotatable bonds is 12. The van der Waals surface area contributed by atoms with Crippen LogP contribution >= 0.6 is 0 Å². The van der Waals surface area contributed by atoms with Crippen LogP contribution in [0.25, 0.3) is 0 Å². The lowest BCUT2D eigenvalue weighted by Crippen LogP contribution is -2.59. The van der Waals surface area contributed by atoms with Gasteiger partial charge < -0.3 is 29.9 Å². The van der Waals surface area contributed by atoms with Crippen molar-refractivity contribution in [2.75, 3.05) is 6.61 Å². The maximum Gasteiger partial charge on any atom is 0.186 e. The van der Waals surface area contributed by atoms with Crippen LogP contribution in [-0.4, -0.2) is 63.8 Å². The fourth-order valence-corrected chi connectivity index (χ4v) is 3.04. The van der Waals surface area contributed by atoms with Gasteiger partial charge in [0.25, 0.3) is 0 Å². The van der Waals surface area contributed by atoms with E-state index in [1.165, 1.54) is 38.5 Å². The third-order valence-electron chi connectivity index (χ3n) is 4.68. The molecular weight excluding hydrogens is 312 g/mol. The molecule has 6 heteroatoms. The topological polar surface area (TPSA) is 99.4 Å². The molecule has 6 nitrogen and oxygen atoms in total. The number of hydrogen-bond donors (Lipinski definition) is 4. The van der Waals surface area contributed by atoms with Gasteiger partial charge in [0.05, 0.1) is 12.7 Å². The molecule has 0 saturated carbocycles. The number of aliphatic hydroxyl groups is 4. The lowest BCUT2D eigenvalue weighted by atomic mass is 9.99. The smallest absolute Gasteiger partial charge is 0.186 e. The van der Waals surface area contributed by atoms with Crippen molar-refractivity contribution in [1.82, 2.24) is 0 Å². The van der Waals surface area contributed by atoms with Crippen LogP contribution in [0.15, 0.2) is 0 Å². The van der Waals surface area contributed by atoms with Crippen molar-refractivity contribution < 1.29 is 29.9 Å². The summed E-state index contributed by atoms with van der Waals surface area (Å²) >= 11 is 0. The largest absolute Gasteiger partial charge is 0.394 e. The van der Waals surface area contributed by atoms with Crippen molar-refractivity contribution >= 4 is 0 Å². The third kappa shape index (κ3) is 7.33. The Morgan fingerprint density at radius 1 is 0.875 bits per heavy atom. The molecule has 6 atom stereocenters. The second-order valence-electron chi connectivity index (χ2n) is 6.91. The molecule has 1 unspecified atom stereocenters. The zero-order valence-corrected chi connectivity index (χ0v) is 15.1. The predicted molar refractivity (Wildman–Crippen MR) is 91.5 cm³/mol. The molecule has 4 N–H and O–H groups in total. The van der Waals surface area contributed by atoms with E-state index in [1.54, 1.807) is 0 Å². The Morgan fingerprint density at radius 2 is 1.46 bits per heavy atom. The molecule has 1 aliphatic heterocycles. The van der Waals surface area contributed by atoms with Gasteiger partial charge in [-0.2, -0.15) is 0 Å². The van der Waals surface area contributed by atoms with E-state index in [2.05, 4.69) is 6.92 Å². The highest BCUT2D eigenvalue weighted by molar-refractivity contribution is 4.89.